The second kappa shape index (κ2) is 9.04. The molecule has 32 heavy (non-hydrogen) atoms. The summed E-state index contributed by atoms with van der Waals surface area (Å²) in [5.41, 5.74) is 3.14. The molecule has 0 bridgehead atoms. The molecule has 8 heteroatoms. The number of pyridine rings is 1. The maximum atomic E-state index is 13.3. The Kier molecular flexibility index (Phi) is 6.19. The Labute approximate surface area is 189 Å². The number of alkyl halides is 3. The van der Waals surface area contributed by atoms with E-state index >= 15 is 0 Å². The first-order valence-corrected chi connectivity index (χ1v) is 10.3. The summed E-state index contributed by atoms with van der Waals surface area (Å²) in [7, 11) is 2.01. The third-order valence-corrected chi connectivity index (χ3v) is 5.33. The van der Waals surface area contributed by atoms with Crippen LogP contribution in [-0.2, 0) is 6.18 Å². The summed E-state index contributed by atoms with van der Waals surface area (Å²) < 4.78 is 39.9. The van der Waals surface area contributed by atoms with Crippen LogP contribution >= 0.6 is 11.6 Å². The average Bonchev–Trinajstić information content (AvgIpc) is 2.93. The Hall–Kier alpha value is -3.32. The fourth-order valence-electron chi connectivity index (χ4n) is 3.40. The van der Waals surface area contributed by atoms with E-state index in [4.69, 9.17) is 11.6 Å². The van der Waals surface area contributed by atoms with E-state index in [1.165, 1.54) is 0 Å². The zero-order chi connectivity index (χ0) is 22.7. The molecule has 0 spiro atoms. The minimum atomic E-state index is -4.50. The highest BCUT2D eigenvalue weighted by Crippen LogP contribution is 2.33. The Morgan fingerprint density at radius 3 is 2.56 bits per heavy atom. The SMILES string of the molecule is CN1CCN=C(/C=C/c2ncc(C(F)(F)F)cc2Nc2ccc(Cl)cc2)c2ccccc21. The van der Waals surface area contributed by atoms with E-state index < -0.39 is 11.7 Å². The summed E-state index contributed by atoms with van der Waals surface area (Å²) >= 11 is 5.91. The second-order valence-electron chi connectivity index (χ2n) is 7.33. The molecule has 0 amide bonds. The van der Waals surface area contributed by atoms with Gasteiger partial charge in [-0.3, -0.25) is 9.98 Å². The number of anilines is 3. The van der Waals surface area contributed by atoms with Gasteiger partial charge in [0.05, 0.1) is 29.2 Å². The van der Waals surface area contributed by atoms with E-state index in [2.05, 4.69) is 20.2 Å². The number of hydrogen-bond donors (Lipinski definition) is 1. The van der Waals surface area contributed by atoms with Gasteiger partial charge in [-0.25, -0.2) is 0 Å². The molecular weight excluding hydrogens is 437 g/mol. The van der Waals surface area contributed by atoms with E-state index in [1.54, 1.807) is 36.4 Å². The quantitative estimate of drug-likeness (QED) is 0.490. The van der Waals surface area contributed by atoms with Crippen LogP contribution in [0.1, 0.15) is 16.8 Å². The van der Waals surface area contributed by atoms with Gasteiger partial charge in [-0.15, -0.1) is 0 Å². The zero-order valence-corrected chi connectivity index (χ0v) is 18.0. The van der Waals surface area contributed by atoms with Gasteiger partial charge in [0.25, 0.3) is 0 Å². The van der Waals surface area contributed by atoms with Crippen molar-refractivity contribution in [3.8, 4) is 0 Å². The molecule has 164 valence electrons. The van der Waals surface area contributed by atoms with Crippen molar-refractivity contribution in [2.75, 3.05) is 30.4 Å². The van der Waals surface area contributed by atoms with E-state index in [0.717, 1.165) is 35.8 Å². The van der Waals surface area contributed by atoms with Crippen molar-refractivity contribution in [1.29, 1.82) is 0 Å². The number of fused-ring (bicyclic) bond motifs is 1. The van der Waals surface area contributed by atoms with Gasteiger partial charge >= 0.3 is 6.18 Å². The molecule has 4 nitrogen and oxygen atoms in total. The maximum Gasteiger partial charge on any atom is 0.417 e. The molecule has 0 atom stereocenters. The van der Waals surface area contributed by atoms with Crippen LogP contribution in [-0.4, -0.2) is 30.8 Å². The van der Waals surface area contributed by atoms with Crippen molar-refractivity contribution >= 4 is 40.5 Å². The number of halogens is 4. The lowest BCUT2D eigenvalue weighted by atomic mass is 10.1. The molecule has 0 radical (unpaired) electrons. The molecule has 0 unspecified atom stereocenters. The highest BCUT2D eigenvalue weighted by molar-refractivity contribution is 6.30. The molecule has 2 heterocycles. The van der Waals surface area contributed by atoms with E-state index in [9.17, 15) is 13.2 Å². The van der Waals surface area contributed by atoms with Gasteiger partial charge < -0.3 is 10.2 Å². The Bertz CT molecular complexity index is 1170. The van der Waals surface area contributed by atoms with Crippen LogP contribution in [0.5, 0.6) is 0 Å². The number of para-hydroxylation sites is 1. The van der Waals surface area contributed by atoms with Crippen LogP contribution in [0.3, 0.4) is 0 Å². The lowest BCUT2D eigenvalue weighted by Gasteiger charge is -2.18. The molecule has 1 aliphatic rings. The third-order valence-electron chi connectivity index (χ3n) is 5.08. The van der Waals surface area contributed by atoms with Gasteiger partial charge in [-0.05, 0) is 48.6 Å². The fourth-order valence-corrected chi connectivity index (χ4v) is 3.53. The van der Waals surface area contributed by atoms with Crippen LogP contribution in [0.2, 0.25) is 5.02 Å². The molecule has 0 aliphatic carbocycles. The number of aromatic nitrogens is 1. The predicted molar refractivity (Wildman–Crippen MR) is 124 cm³/mol. The summed E-state index contributed by atoms with van der Waals surface area (Å²) in [5.74, 6) is 0. The summed E-state index contributed by atoms with van der Waals surface area (Å²) in [4.78, 5) is 10.9. The average molecular weight is 457 g/mol. The Balaban J connectivity index is 1.71. The minimum absolute atomic E-state index is 0.234. The van der Waals surface area contributed by atoms with Gasteiger partial charge in [-0.2, -0.15) is 13.2 Å². The molecule has 1 aliphatic heterocycles. The van der Waals surface area contributed by atoms with Crippen LogP contribution < -0.4 is 10.2 Å². The van der Waals surface area contributed by atoms with Crippen molar-refractivity contribution in [3.05, 3.63) is 88.7 Å². The van der Waals surface area contributed by atoms with Gasteiger partial charge in [0, 0.05) is 41.8 Å². The normalized spacial score (nSPS) is 14.2. The number of likely N-dealkylation sites (N-methyl/N-ethyl adjacent to an activating group) is 1. The number of allylic oxidation sites excluding steroid dienone is 1. The predicted octanol–water partition coefficient (Wildman–Crippen LogP) is 6.45. The molecule has 3 aromatic rings. The first kappa shape index (κ1) is 21.9. The number of aliphatic imine (C=N–C) groups is 1. The number of nitrogens with one attached hydrogen (secondary N) is 1. The molecule has 0 saturated heterocycles. The minimum Gasteiger partial charge on any atom is -0.372 e. The van der Waals surface area contributed by atoms with Crippen molar-refractivity contribution in [3.63, 3.8) is 0 Å². The number of benzene rings is 2. The van der Waals surface area contributed by atoms with E-state index in [1.807, 2.05) is 31.3 Å². The van der Waals surface area contributed by atoms with Crippen molar-refractivity contribution in [2.24, 2.45) is 4.99 Å². The van der Waals surface area contributed by atoms with Gasteiger partial charge in [0.1, 0.15) is 0 Å². The van der Waals surface area contributed by atoms with Crippen LogP contribution in [0.4, 0.5) is 30.2 Å². The van der Waals surface area contributed by atoms with Gasteiger partial charge in [0.2, 0.25) is 0 Å². The van der Waals surface area contributed by atoms with Crippen molar-refractivity contribution in [1.82, 2.24) is 4.98 Å². The molecule has 0 saturated carbocycles. The van der Waals surface area contributed by atoms with Crippen LogP contribution in [0, 0.1) is 0 Å². The van der Waals surface area contributed by atoms with Crippen LogP contribution in [0.25, 0.3) is 6.08 Å². The fraction of sp³-hybridized carbons (Fsp3) is 0.167. The summed E-state index contributed by atoms with van der Waals surface area (Å²) in [6.07, 6.45) is -0.191. The topological polar surface area (TPSA) is 40.5 Å². The number of rotatable bonds is 4. The van der Waals surface area contributed by atoms with Gasteiger partial charge in [0.15, 0.2) is 0 Å². The molecular formula is C24H20ClF3N4. The lowest BCUT2D eigenvalue weighted by molar-refractivity contribution is -0.137. The number of benzodiazepines with no additional fused rings is 1. The zero-order valence-electron chi connectivity index (χ0n) is 17.2. The van der Waals surface area contributed by atoms with Crippen molar-refractivity contribution < 1.29 is 13.2 Å². The van der Waals surface area contributed by atoms with Crippen molar-refractivity contribution in [2.45, 2.75) is 6.18 Å². The molecule has 1 aromatic heterocycles. The lowest BCUT2D eigenvalue weighted by Crippen LogP contribution is -2.20. The molecule has 1 N–H and O–H groups in total. The van der Waals surface area contributed by atoms with Gasteiger partial charge in [-0.1, -0.05) is 29.8 Å². The maximum absolute atomic E-state index is 13.3. The first-order chi connectivity index (χ1) is 15.3. The van der Waals surface area contributed by atoms with E-state index in [-0.39, 0.29) is 5.69 Å². The monoisotopic (exact) mass is 456 g/mol. The summed E-state index contributed by atoms with van der Waals surface area (Å²) in [6, 6.07) is 15.7. The summed E-state index contributed by atoms with van der Waals surface area (Å²) in [6.45, 7) is 1.39. The standard InChI is InChI=1S/C24H20ClF3N4/c1-32-13-12-29-20(19-4-2-3-5-23(19)32)10-11-21-22(14-16(15-30-21)24(26,27)28)31-18-8-6-17(25)7-9-18/h2-11,14-15,31H,12-13H2,1H3/b11-10+. The number of nitrogens with zero attached hydrogens (tertiary/aromatic N) is 3. The Morgan fingerprint density at radius 2 is 1.81 bits per heavy atom. The molecule has 2 aromatic carbocycles. The third kappa shape index (κ3) is 4.94. The largest absolute Gasteiger partial charge is 0.417 e. The number of hydrogen-bond acceptors (Lipinski definition) is 4. The Morgan fingerprint density at radius 1 is 1.06 bits per heavy atom. The van der Waals surface area contributed by atoms with E-state index in [0.29, 0.717) is 22.9 Å². The smallest absolute Gasteiger partial charge is 0.372 e. The second-order valence-corrected chi connectivity index (χ2v) is 7.76. The highest BCUT2D eigenvalue weighted by atomic mass is 35.5. The highest BCUT2D eigenvalue weighted by Gasteiger charge is 2.31. The van der Waals surface area contributed by atoms with Crippen LogP contribution in [0.15, 0.2) is 71.9 Å². The molecule has 0 fully saturated rings. The first-order valence-electron chi connectivity index (χ1n) is 9.94. The summed E-state index contributed by atoms with van der Waals surface area (Å²) in [5, 5.41) is 3.55. The molecule has 4 rings (SSSR count).